The zero-order chi connectivity index (χ0) is 26.7. The average Bonchev–Trinajstić information content (AvgIpc) is 2.94. The molecule has 0 bridgehead atoms. The van der Waals surface area contributed by atoms with Crippen molar-refractivity contribution in [3.8, 4) is 0 Å². The fourth-order valence-electron chi connectivity index (χ4n) is 6.56. The van der Waals surface area contributed by atoms with Crippen molar-refractivity contribution in [2.75, 3.05) is 0 Å². The van der Waals surface area contributed by atoms with Crippen molar-refractivity contribution in [3.05, 3.63) is 52.0 Å². The maximum Gasteiger partial charge on any atom is 0.198 e. The molecule has 38 heavy (non-hydrogen) atoms. The topological polar surface area (TPSA) is 13.1 Å². The van der Waals surface area contributed by atoms with Gasteiger partial charge in [-0.05, 0) is 85.2 Å². The molecule has 0 saturated heterocycles. The first-order valence-electron chi connectivity index (χ1n) is 15.8. The van der Waals surface area contributed by atoms with E-state index >= 15 is 4.39 Å². The maximum atomic E-state index is 15.4. The lowest BCUT2D eigenvalue weighted by Gasteiger charge is -2.29. The van der Waals surface area contributed by atoms with Crippen molar-refractivity contribution >= 4 is 34.0 Å². The molecule has 1 aromatic heterocycles. The Labute approximate surface area is 235 Å². The highest BCUT2D eigenvalue weighted by Crippen LogP contribution is 2.40. The Morgan fingerprint density at radius 2 is 1.37 bits per heavy atom. The minimum atomic E-state index is -0.225. The third kappa shape index (κ3) is 7.68. The number of fused-ring (bicyclic) bond motifs is 3. The molecule has 2 aromatic carbocycles. The van der Waals surface area contributed by atoms with Crippen LogP contribution in [0.25, 0.3) is 21.7 Å². The number of halogens is 1. The molecule has 208 valence electrons. The predicted molar refractivity (Wildman–Crippen MR) is 164 cm³/mol. The molecule has 0 unspecified atom stereocenters. The van der Waals surface area contributed by atoms with Gasteiger partial charge in [0.15, 0.2) is 16.1 Å². The molecule has 0 aliphatic heterocycles. The molecule has 3 aromatic rings. The van der Waals surface area contributed by atoms with Gasteiger partial charge in [-0.1, -0.05) is 115 Å². The molecule has 1 aliphatic rings. The molecule has 1 aliphatic carbocycles. The van der Waals surface area contributed by atoms with E-state index in [9.17, 15) is 0 Å². The second-order valence-electron chi connectivity index (χ2n) is 11.9. The van der Waals surface area contributed by atoms with E-state index in [0.29, 0.717) is 16.2 Å². The molecular formula is C35H49FOS. The number of hydrogen-bond acceptors (Lipinski definition) is 2. The summed E-state index contributed by atoms with van der Waals surface area (Å²) in [6.45, 7) is 4.52. The van der Waals surface area contributed by atoms with Gasteiger partial charge >= 0.3 is 0 Å². The first-order chi connectivity index (χ1) is 18.6. The summed E-state index contributed by atoms with van der Waals surface area (Å²) in [6.07, 6.45) is 22.9. The highest BCUT2D eigenvalue weighted by atomic mass is 32.1. The third-order valence-corrected chi connectivity index (χ3v) is 9.31. The number of aryl methyl sites for hydroxylation is 1. The molecule has 1 saturated carbocycles. The molecule has 0 atom stereocenters. The second-order valence-corrected chi connectivity index (χ2v) is 12.3. The average molecular weight is 537 g/mol. The van der Waals surface area contributed by atoms with E-state index in [2.05, 4.69) is 32.0 Å². The summed E-state index contributed by atoms with van der Waals surface area (Å²) in [5, 5.41) is 2.82. The van der Waals surface area contributed by atoms with Crippen LogP contribution in [0.1, 0.15) is 140 Å². The Hall–Kier alpha value is -1.74. The van der Waals surface area contributed by atoms with Crippen molar-refractivity contribution in [1.82, 2.24) is 0 Å². The van der Waals surface area contributed by atoms with Gasteiger partial charge in [-0.25, -0.2) is 4.39 Å². The van der Waals surface area contributed by atoms with Gasteiger partial charge in [-0.2, -0.15) is 0 Å². The van der Waals surface area contributed by atoms with E-state index in [-0.39, 0.29) is 5.82 Å². The molecule has 0 radical (unpaired) electrons. The van der Waals surface area contributed by atoms with Crippen LogP contribution in [0.3, 0.4) is 0 Å². The Kier molecular flexibility index (Phi) is 11.7. The zero-order valence-corrected chi connectivity index (χ0v) is 24.8. The Bertz CT molecular complexity index is 1200. The molecule has 1 fully saturated rings. The van der Waals surface area contributed by atoms with Crippen LogP contribution in [0.4, 0.5) is 4.39 Å². The highest BCUT2D eigenvalue weighted by molar-refractivity contribution is 7.71. The van der Waals surface area contributed by atoms with Crippen molar-refractivity contribution < 1.29 is 8.81 Å². The van der Waals surface area contributed by atoms with Gasteiger partial charge in [0.2, 0.25) is 0 Å². The third-order valence-electron chi connectivity index (χ3n) is 9.01. The quantitative estimate of drug-likeness (QED) is 0.109. The van der Waals surface area contributed by atoms with Gasteiger partial charge in [-0.3, -0.25) is 0 Å². The fraction of sp³-hybridized carbons (Fsp3) is 0.629. The molecule has 4 rings (SSSR count). The second kappa shape index (κ2) is 15.2. The van der Waals surface area contributed by atoms with E-state index in [1.807, 2.05) is 12.1 Å². The Morgan fingerprint density at radius 3 is 2.08 bits per heavy atom. The van der Waals surface area contributed by atoms with Gasteiger partial charge in [0.05, 0.1) is 0 Å². The van der Waals surface area contributed by atoms with Gasteiger partial charge in [0.1, 0.15) is 0 Å². The molecule has 1 heterocycles. The number of benzene rings is 2. The van der Waals surface area contributed by atoms with Crippen LogP contribution in [-0.4, -0.2) is 0 Å². The normalized spacial score (nSPS) is 18.0. The van der Waals surface area contributed by atoms with E-state index in [0.717, 1.165) is 46.9 Å². The van der Waals surface area contributed by atoms with Gasteiger partial charge < -0.3 is 4.42 Å². The van der Waals surface area contributed by atoms with Crippen molar-refractivity contribution in [2.24, 2.45) is 5.92 Å². The van der Waals surface area contributed by atoms with Gasteiger partial charge in [-0.15, -0.1) is 0 Å². The van der Waals surface area contributed by atoms with Gasteiger partial charge in [0, 0.05) is 10.8 Å². The van der Waals surface area contributed by atoms with Crippen LogP contribution >= 0.6 is 12.2 Å². The lowest BCUT2D eigenvalue weighted by atomic mass is 9.76. The zero-order valence-electron chi connectivity index (χ0n) is 24.0. The maximum absolute atomic E-state index is 15.4. The largest absolute Gasteiger partial charge is 0.441 e. The van der Waals surface area contributed by atoms with E-state index < -0.39 is 0 Å². The molecule has 1 nitrogen and oxygen atoms in total. The minimum absolute atomic E-state index is 0.225. The van der Waals surface area contributed by atoms with Gasteiger partial charge in [0.25, 0.3) is 0 Å². The number of unbranched alkanes of at least 4 members (excludes halogenated alkanes) is 10. The molecular weight excluding hydrogens is 487 g/mol. The number of rotatable bonds is 15. The van der Waals surface area contributed by atoms with Crippen molar-refractivity contribution in [2.45, 2.75) is 135 Å². The lowest BCUT2D eigenvalue weighted by molar-refractivity contribution is 0.302. The molecule has 0 spiro atoms. The van der Waals surface area contributed by atoms with E-state index in [1.54, 1.807) is 0 Å². The Balaban J connectivity index is 1.38. The van der Waals surface area contributed by atoms with Crippen LogP contribution in [0.15, 0.2) is 34.7 Å². The summed E-state index contributed by atoms with van der Waals surface area (Å²) in [7, 11) is 0. The van der Waals surface area contributed by atoms with Crippen LogP contribution in [0, 0.1) is 16.4 Å². The number of hydrogen-bond donors (Lipinski definition) is 0. The molecule has 0 amide bonds. The van der Waals surface area contributed by atoms with Crippen LogP contribution in [0.2, 0.25) is 0 Å². The SMILES string of the molecule is CCCCCCCCc1ccc2c(oc(=S)c3cc(C4CCC(CCCCCCCC)CC4)ccc32)c1F. The van der Waals surface area contributed by atoms with Crippen molar-refractivity contribution in [1.29, 1.82) is 0 Å². The van der Waals surface area contributed by atoms with Crippen LogP contribution < -0.4 is 0 Å². The smallest absolute Gasteiger partial charge is 0.198 e. The predicted octanol–water partition coefficient (Wildman–Crippen LogP) is 12.4. The van der Waals surface area contributed by atoms with E-state index in [4.69, 9.17) is 16.6 Å². The first kappa shape index (κ1) is 29.2. The van der Waals surface area contributed by atoms with E-state index in [1.165, 1.54) is 102 Å². The fourth-order valence-corrected chi connectivity index (χ4v) is 6.81. The highest BCUT2D eigenvalue weighted by Gasteiger charge is 2.23. The van der Waals surface area contributed by atoms with Crippen molar-refractivity contribution in [3.63, 3.8) is 0 Å². The van der Waals surface area contributed by atoms with Crippen LogP contribution in [-0.2, 0) is 6.42 Å². The monoisotopic (exact) mass is 536 g/mol. The molecule has 0 N–H and O–H groups in total. The standard InChI is InChI=1S/C35H49FOS/c1-3-5-7-9-11-13-15-26-17-19-27(20-18-26)29-22-23-30-31-24-21-28(16-14-12-10-8-6-4-2)33(36)34(31)37-35(38)32(30)25-29/h21-27H,3-20H2,1-2H3. The first-order valence-corrected chi connectivity index (χ1v) is 16.2. The summed E-state index contributed by atoms with van der Waals surface area (Å²) in [5.74, 6) is 1.28. The summed E-state index contributed by atoms with van der Waals surface area (Å²) in [6, 6.07) is 10.7. The summed E-state index contributed by atoms with van der Waals surface area (Å²) < 4.78 is 21.8. The van der Waals surface area contributed by atoms with Crippen LogP contribution in [0.5, 0.6) is 0 Å². The summed E-state index contributed by atoms with van der Waals surface area (Å²) >= 11 is 5.66. The minimum Gasteiger partial charge on any atom is -0.441 e. The summed E-state index contributed by atoms with van der Waals surface area (Å²) in [4.78, 5) is 0. The molecule has 3 heteroatoms. The summed E-state index contributed by atoms with van der Waals surface area (Å²) in [5.41, 5.74) is 2.45. The Morgan fingerprint density at radius 1 is 0.737 bits per heavy atom. The lowest BCUT2D eigenvalue weighted by Crippen LogP contribution is -2.13.